The fourth-order valence-electron chi connectivity index (χ4n) is 3.19. The van der Waals surface area contributed by atoms with E-state index >= 15 is 0 Å². The summed E-state index contributed by atoms with van der Waals surface area (Å²) in [6, 6.07) is -0.166. The molecule has 2 rings (SSSR count). The summed E-state index contributed by atoms with van der Waals surface area (Å²) in [5.74, 6) is 1.13. The van der Waals surface area contributed by atoms with Crippen LogP contribution >= 0.6 is 21.6 Å². The summed E-state index contributed by atoms with van der Waals surface area (Å²) in [6.45, 7) is 8.93. The van der Waals surface area contributed by atoms with E-state index in [4.69, 9.17) is 4.74 Å². The van der Waals surface area contributed by atoms with Crippen molar-refractivity contribution in [2.45, 2.75) is 82.1 Å². The van der Waals surface area contributed by atoms with E-state index in [-0.39, 0.29) is 16.8 Å². The molecule has 2 atom stereocenters. The molecule has 0 amide bonds. The van der Waals surface area contributed by atoms with Crippen LogP contribution in [0.3, 0.4) is 0 Å². The fourth-order valence-corrected chi connectivity index (χ4v) is 6.56. The van der Waals surface area contributed by atoms with Gasteiger partial charge in [-0.25, -0.2) is 0 Å². The third-order valence-electron chi connectivity index (χ3n) is 4.59. The molecule has 0 aromatic carbocycles. The summed E-state index contributed by atoms with van der Waals surface area (Å²) < 4.78 is 5.91. The number of hydrogen-bond acceptors (Lipinski definition) is 6. The smallest absolute Gasteiger partial charge is 0.323 e. The van der Waals surface area contributed by atoms with Crippen LogP contribution in [0.2, 0.25) is 0 Å². The zero-order valence-corrected chi connectivity index (χ0v) is 17.1. The minimum absolute atomic E-state index is 0.0821. The average Bonchev–Trinajstić information content (AvgIpc) is 2.95. The number of carbonyl (C=O) groups is 1. The molecule has 1 spiro atoms. The van der Waals surface area contributed by atoms with Crippen molar-refractivity contribution in [2.24, 2.45) is 0 Å². The monoisotopic (exact) mass is 374 g/mol. The van der Waals surface area contributed by atoms with E-state index in [1.807, 2.05) is 42.4 Å². The van der Waals surface area contributed by atoms with Crippen LogP contribution in [0.5, 0.6) is 0 Å². The van der Waals surface area contributed by atoms with E-state index in [9.17, 15) is 4.79 Å². The van der Waals surface area contributed by atoms with Crippen molar-refractivity contribution >= 4 is 27.6 Å². The molecule has 2 aliphatic heterocycles. The second kappa shape index (κ2) is 9.70. The minimum atomic E-state index is -0.417. The molecule has 2 N–H and O–H groups in total. The number of nitrogens with one attached hydrogen (secondary N) is 2. The minimum Gasteiger partial charge on any atom is -0.459 e. The van der Waals surface area contributed by atoms with Gasteiger partial charge in [0.15, 0.2) is 0 Å². The predicted molar refractivity (Wildman–Crippen MR) is 106 cm³/mol. The van der Waals surface area contributed by atoms with Crippen LogP contribution < -0.4 is 10.6 Å². The highest BCUT2D eigenvalue weighted by molar-refractivity contribution is 8.77. The third kappa shape index (κ3) is 7.14. The Morgan fingerprint density at radius 1 is 1.12 bits per heavy atom. The van der Waals surface area contributed by atoms with E-state index in [1.165, 1.54) is 37.9 Å². The zero-order chi connectivity index (χ0) is 17.5. The van der Waals surface area contributed by atoms with E-state index in [0.717, 1.165) is 32.5 Å². The first-order valence-corrected chi connectivity index (χ1v) is 11.7. The van der Waals surface area contributed by atoms with Crippen molar-refractivity contribution in [2.75, 3.05) is 25.4 Å². The maximum Gasteiger partial charge on any atom is 0.323 e. The van der Waals surface area contributed by atoms with Gasteiger partial charge in [0.05, 0.1) is 0 Å². The van der Waals surface area contributed by atoms with E-state index in [1.54, 1.807) is 0 Å². The molecule has 2 heterocycles. The Morgan fingerprint density at radius 3 is 2.62 bits per heavy atom. The van der Waals surface area contributed by atoms with Crippen molar-refractivity contribution in [3.05, 3.63) is 0 Å². The van der Waals surface area contributed by atoms with Gasteiger partial charge >= 0.3 is 5.97 Å². The molecule has 6 heteroatoms. The van der Waals surface area contributed by atoms with Crippen molar-refractivity contribution < 1.29 is 9.53 Å². The van der Waals surface area contributed by atoms with Crippen LogP contribution in [0.15, 0.2) is 0 Å². The lowest BCUT2D eigenvalue weighted by Gasteiger charge is -2.31. The Labute approximate surface area is 155 Å². The van der Waals surface area contributed by atoms with Crippen molar-refractivity contribution in [1.82, 2.24) is 10.6 Å². The molecule has 140 valence electrons. The molecule has 0 bridgehead atoms. The molecule has 0 aliphatic carbocycles. The Bertz CT molecular complexity index is 393. The predicted octanol–water partition coefficient (Wildman–Crippen LogP) is 3.75. The summed E-state index contributed by atoms with van der Waals surface area (Å²) in [6.07, 6.45) is 8.03. The number of hydrogen-bond donors (Lipinski definition) is 2. The van der Waals surface area contributed by atoms with Gasteiger partial charge in [0.1, 0.15) is 11.6 Å². The second-order valence-corrected chi connectivity index (χ2v) is 10.9. The van der Waals surface area contributed by atoms with Crippen molar-refractivity contribution in [3.63, 3.8) is 0 Å². The van der Waals surface area contributed by atoms with Crippen LogP contribution in [0.1, 0.15) is 65.7 Å². The normalized spacial score (nSPS) is 31.0. The van der Waals surface area contributed by atoms with Gasteiger partial charge in [-0.15, -0.1) is 0 Å². The van der Waals surface area contributed by atoms with Gasteiger partial charge in [-0.2, -0.15) is 0 Å². The maximum absolute atomic E-state index is 12.6. The lowest BCUT2D eigenvalue weighted by Crippen LogP contribution is -2.47. The molecule has 2 saturated heterocycles. The van der Waals surface area contributed by atoms with Gasteiger partial charge in [-0.3, -0.25) is 4.79 Å². The average molecular weight is 375 g/mol. The third-order valence-corrected chi connectivity index (χ3v) is 7.90. The summed E-state index contributed by atoms with van der Waals surface area (Å²) in [4.78, 5) is 12.6. The summed E-state index contributed by atoms with van der Waals surface area (Å²) in [5, 5.41) is 7.17. The number of rotatable bonds is 1. The molecule has 2 unspecified atom stereocenters. The highest BCUT2D eigenvalue weighted by atomic mass is 33.1. The number of ether oxygens (including phenoxy) is 1. The quantitative estimate of drug-likeness (QED) is 0.538. The first-order valence-electron chi connectivity index (χ1n) is 9.38. The summed E-state index contributed by atoms with van der Waals surface area (Å²) >= 11 is 0. The maximum atomic E-state index is 12.6. The van der Waals surface area contributed by atoms with Gasteiger partial charge in [0.25, 0.3) is 0 Å². The van der Waals surface area contributed by atoms with Crippen molar-refractivity contribution in [3.8, 4) is 0 Å². The molecule has 2 fully saturated rings. The van der Waals surface area contributed by atoms with Gasteiger partial charge in [0, 0.05) is 17.0 Å². The first kappa shape index (κ1) is 20.4. The molecule has 24 heavy (non-hydrogen) atoms. The standard InChI is InChI=1S/C18H34N2O2S2/c1-17(2,3)22-16(21)15-8-6-4-5-7-11-19-12-9-18(14-20-15)10-13-23-24-18/h15,19-20H,4-14H2,1-3H3. The van der Waals surface area contributed by atoms with E-state index < -0.39 is 5.60 Å². The molecule has 0 aromatic rings. The largest absolute Gasteiger partial charge is 0.459 e. The summed E-state index contributed by atoms with van der Waals surface area (Å²) in [7, 11) is 3.98. The molecule has 2 aliphatic rings. The Hall–Kier alpha value is 0.0900. The molecule has 0 aromatic heterocycles. The molecule has 4 nitrogen and oxygen atoms in total. The van der Waals surface area contributed by atoms with Crippen LogP contribution in [-0.4, -0.2) is 47.7 Å². The number of carbonyl (C=O) groups excluding carboxylic acids is 1. The van der Waals surface area contributed by atoms with E-state index in [2.05, 4.69) is 10.6 Å². The molecular weight excluding hydrogens is 340 g/mol. The van der Waals surface area contributed by atoms with Crippen LogP contribution in [0.4, 0.5) is 0 Å². The first-order chi connectivity index (χ1) is 11.4. The molecule has 0 saturated carbocycles. The number of esters is 1. The van der Waals surface area contributed by atoms with Crippen molar-refractivity contribution in [1.29, 1.82) is 0 Å². The summed E-state index contributed by atoms with van der Waals surface area (Å²) in [5.41, 5.74) is -0.417. The van der Waals surface area contributed by atoms with Gasteiger partial charge in [-0.1, -0.05) is 40.9 Å². The fraction of sp³-hybridized carbons (Fsp3) is 0.944. The molecule has 0 radical (unpaired) electrons. The van der Waals surface area contributed by atoms with Crippen LogP contribution in [-0.2, 0) is 9.53 Å². The Kier molecular flexibility index (Phi) is 8.24. The zero-order valence-electron chi connectivity index (χ0n) is 15.5. The topological polar surface area (TPSA) is 50.4 Å². The lowest BCUT2D eigenvalue weighted by molar-refractivity contribution is -0.157. The van der Waals surface area contributed by atoms with Crippen LogP contribution in [0, 0.1) is 0 Å². The molecular formula is C18H34N2O2S2. The van der Waals surface area contributed by atoms with Gasteiger partial charge in [0.2, 0.25) is 0 Å². The van der Waals surface area contributed by atoms with Gasteiger partial charge in [-0.05, 0) is 59.5 Å². The lowest BCUT2D eigenvalue weighted by atomic mass is 9.99. The second-order valence-electron chi connectivity index (χ2n) is 8.01. The van der Waals surface area contributed by atoms with Crippen LogP contribution in [0.25, 0.3) is 0 Å². The highest BCUT2D eigenvalue weighted by Gasteiger charge is 2.36. The Morgan fingerprint density at radius 2 is 1.92 bits per heavy atom. The Balaban J connectivity index is 2.00. The van der Waals surface area contributed by atoms with E-state index in [0.29, 0.717) is 0 Å². The van der Waals surface area contributed by atoms with Gasteiger partial charge < -0.3 is 15.4 Å². The highest BCUT2D eigenvalue weighted by Crippen LogP contribution is 2.48. The SMILES string of the molecule is CC(C)(C)OC(=O)C1CCCCCCNCCC2(CCSS2)CN1.